The van der Waals surface area contributed by atoms with Crippen LogP contribution < -0.4 is 9.96 Å². The summed E-state index contributed by atoms with van der Waals surface area (Å²) in [6.45, 7) is 0. The van der Waals surface area contributed by atoms with Gasteiger partial charge in [-0.15, -0.1) is 0 Å². The molecule has 0 saturated heterocycles. The first-order valence-corrected chi connectivity index (χ1v) is 6.71. The van der Waals surface area contributed by atoms with Gasteiger partial charge in [0.25, 0.3) is 0 Å². The fourth-order valence-electron chi connectivity index (χ4n) is 2.57. The predicted octanol–water partition coefficient (Wildman–Crippen LogP) is 2.48. The van der Waals surface area contributed by atoms with E-state index in [4.69, 9.17) is 19.4 Å². The molecule has 1 aliphatic rings. The average molecular weight is 300 g/mol. The Morgan fingerprint density at radius 3 is 2.24 bits per heavy atom. The summed E-state index contributed by atoms with van der Waals surface area (Å²) in [4.78, 5) is 0. The predicted molar refractivity (Wildman–Crippen MR) is 73.9 cm³/mol. The van der Waals surface area contributed by atoms with Crippen molar-refractivity contribution in [2.75, 3.05) is 19.4 Å². The lowest BCUT2D eigenvalue weighted by molar-refractivity contribution is -0.0500. The lowest BCUT2D eigenvalue weighted by Crippen LogP contribution is -2.38. The van der Waals surface area contributed by atoms with Crippen molar-refractivity contribution in [2.24, 2.45) is 0 Å². The van der Waals surface area contributed by atoms with Gasteiger partial charge in [-0.2, -0.15) is 0 Å². The van der Waals surface area contributed by atoms with E-state index in [0.29, 0.717) is 12.8 Å². The zero-order valence-corrected chi connectivity index (χ0v) is 12.0. The molecule has 1 aromatic carbocycles. The third-order valence-electron chi connectivity index (χ3n) is 3.67. The van der Waals surface area contributed by atoms with Crippen LogP contribution in [0.5, 0.6) is 5.75 Å². The lowest BCUT2D eigenvalue weighted by Gasteiger charge is -2.34. The van der Waals surface area contributed by atoms with Crippen molar-refractivity contribution in [1.29, 1.82) is 0 Å². The fraction of sp³-hybridized carbons (Fsp3) is 0.571. The zero-order valence-electron chi connectivity index (χ0n) is 12.0. The zero-order chi connectivity index (χ0) is 15.4. The number of benzene rings is 1. The normalized spacial score (nSPS) is 25.7. The first-order chi connectivity index (χ1) is 10.0. The van der Waals surface area contributed by atoms with Gasteiger partial charge < -0.3 is 24.6 Å². The first kappa shape index (κ1) is 16.0. The summed E-state index contributed by atoms with van der Waals surface area (Å²) >= 11 is 0. The molecule has 1 aliphatic carbocycles. The highest BCUT2D eigenvalue weighted by molar-refractivity contribution is 5.57. The number of rotatable bonds is 5. The van der Waals surface area contributed by atoms with E-state index in [1.807, 2.05) is 0 Å². The van der Waals surface area contributed by atoms with Gasteiger partial charge in [-0.1, -0.05) is 0 Å². The molecular formula is C14H19FNO5-. The van der Waals surface area contributed by atoms with Crippen LogP contribution in [0.4, 0.5) is 10.1 Å². The Hall–Kier alpha value is -1.41. The van der Waals surface area contributed by atoms with E-state index in [0.717, 1.165) is 18.6 Å². The molecule has 2 rings (SSSR count). The second-order valence-electron chi connectivity index (χ2n) is 5.05. The highest BCUT2D eigenvalue weighted by Crippen LogP contribution is 2.33. The SMILES string of the molecule is CO[C@@H]1CC(Oc2cc(F)ccc2N([O-])O)C[C@H](OC)C1. The Morgan fingerprint density at radius 2 is 1.71 bits per heavy atom. The topological polar surface area (TPSA) is 74.2 Å². The van der Waals surface area contributed by atoms with Crippen LogP contribution in [0, 0.1) is 11.0 Å². The molecular weight excluding hydrogens is 281 g/mol. The van der Waals surface area contributed by atoms with Gasteiger partial charge >= 0.3 is 0 Å². The Labute approximate surface area is 122 Å². The van der Waals surface area contributed by atoms with Crippen molar-refractivity contribution in [3.8, 4) is 5.75 Å². The number of nitrogens with zero attached hydrogens (tertiary/aromatic N) is 1. The summed E-state index contributed by atoms with van der Waals surface area (Å²) in [5.41, 5.74) is -0.134. The molecule has 1 unspecified atom stereocenters. The minimum atomic E-state index is -0.544. The highest BCUT2D eigenvalue weighted by atomic mass is 19.1. The number of halogens is 1. The van der Waals surface area contributed by atoms with E-state index in [9.17, 15) is 9.60 Å². The molecule has 0 aliphatic heterocycles. The monoisotopic (exact) mass is 300 g/mol. The van der Waals surface area contributed by atoms with Gasteiger partial charge in [-0.05, 0) is 12.1 Å². The quantitative estimate of drug-likeness (QED) is 0.842. The number of hydrogen-bond donors (Lipinski definition) is 1. The molecule has 1 N–H and O–H groups in total. The molecule has 0 spiro atoms. The molecule has 0 amide bonds. The van der Waals surface area contributed by atoms with E-state index in [1.54, 1.807) is 14.2 Å². The summed E-state index contributed by atoms with van der Waals surface area (Å²) in [6.07, 6.45) is 1.64. The summed E-state index contributed by atoms with van der Waals surface area (Å²) in [6, 6.07) is 3.33. The van der Waals surface area contributed by atoms with Crippen molar-refractivity contribution >= 4 is 5.69 Å². The minimum absolute atomic E-state index is 0.00380. The summed E-state index contributed by atoms with van der Waals surface area (Å²) < 4.78 is 29.7. The largest absolute Gasteiger partial charge is 0.733 e. The number of anilines is 1. The molecule has 7 heteroatoms. The fourth-order valence-corrected chi connectivity index (χ4v) is 2.57. The summed E-state index contributed by atoms with van der Waals surface area (Å²) in [5.74, 6) is -0.540. The average Bonchev–Trinajstić information content (AvgIpc) is 2.46. The molecule has 21 heavy (non-hydrogen) atoms. The molecule has 1 aromatic rings. The number of hydrogen-bond acceptors (Lipinski definition) is 6. The van der Waals surface area contributed by atoms with Gasteiger partial charge in [-0.3, -0.25) is 5.21 Å². The number of ether oxygens (including phenoxy) is 3. The molecule has 0 aromatic heterocycles. The van der Waals surface area contributed by atoms with Crippen molar-refractivity contribution in [2.45, 2.75) is 37.6 Å². The Balaban J connectivity index is 2.14. The third-order valence-corrected chi connectivity index (χ3v) is 3.67. The Morgan fingerprint density at radius 1 is 1.14 bits per heavy atom. The molecule has 0 heterocycles. The van der Waals surface area contributed by atoms with Crippen LogP contribution in [0.3, 0.4) is 0 Å². The molecule has 3 atom stereocenters. The first-order valence-electron chi connectivity index (χ1n) is 6.71. The molecule has 6 nitrogen and oxygen atoms in total. The van der Waals surface area contributed by atoms with Crippen LogP contribution in [-0.4, -0.2) is 37.7 Å². The third kappa shape index (κ3) is 4.04. The smallest absolute Gasteiger partial charge is 0.147 e. The van der Waals surface area contributed by atoms with Gasteiger partial charge in [0.1, 0.15) is 17.7 Å². The Kier molecular flexibility index (Phi) is 5.35. The summed E-state index contributed by atoms with van der Waals surface area (Å²) in [5, 5.41) is 19.8. The van der Waals surface area contributed by atoms with E-state index in [2.05, 4.69) is 0 Å². The van der Waals surface area contributed by atoms with Gasteiger partial charge in [0.05, 0.1) is 17.9 Å². The van der Waals surface area contributed by atoms with Gasteiger partial charge in [0, 0.05) is 39.5 Å². The minimum Gasteiger partial charge on any atom is -0.733 e. The van der Waals surface area contributed by atoms with Crippen molar-refractivity contribution < 1.29 is 23.8 Å². The van der Waals surface area contributed by atoms with Crippen molar-refractivity contribution in [1.82, 2.24) is 0 Å². The molecule has 0 bridgehead atoms. The van der Waals surface area contributed by atoms with Crippen molar-refractivity contribution in [3.05, 3.63) is 29.2 Å². The van der Waals surface area contributed by atoms with Crippen LogP contribution in [0.25, 0.3) is 0 Å². The van der Waals surface area contributed by atoms with Gasteiger partial charge in [0.15, 0.2) is 0 Å². The van der Waals surface area contributed by atoms with E-state index >= 15 is 0 Å². The highest BCUT2D eigenvalue weighted by Gasteiger charge is 2.30. The lowest BCUT2D eigenvalue weighted by atomic mass is 9.92. The Bertz CT molecular complexity index is 459. The maximum absolute atomic E-state index is 13.3. The summed E-state index contributed by atoms with van der Waals surface area (Å²) in [7, 11) is 3.22. The maximum atomic E-state index is 13.3. The standard InChI is InChI=1S/C14H19FNO5/c1-19-10-6-11(20-2)8-12(7-10)21-14-5-9(15)3-4-13(14)16(17)18/h3-5,10-12,17H,6-8H2,1-2H3/q-1/t10-,11+,12?. The van der Waals surface area contributed by atoms with E-state index < -0.39 is 5.82 Å². The molecule has 0 radical (unpaired) electrons. The number of methoxy groups -OCH3 is 2. The van der Waals surface area contributed by atoms with E-state index in [-0.39, 0.29) is 35.0 Å². The molecule has 118 valence electrons. The van der Waals surface area contributed by atoms with Gasteiger partial charge in [-0.25, -0.2) is 4.39 Å². The van der Waals surface area contributed by atoms with Crippen LogP contribution in [0.2, 0.25) is 0 Å². The van der Waals surface area contributed by atoms with Crippen LogP contribution in [-0.2, 0) is 9.47 Å². The van der Waals surface area contributed by atoms with E-state index in [1.165, 1.54) is 6.07 Å². The van der Waals surface area contributed by atoms with Crippen molar-refractivity contribution in [3.63, 3.8) is 0 Å². The maximum Gasteiger partial charge on any atom is 0.147 e. The molecule has 1 fully saturated rings. The van der Waals surface area contributed by atoms with Crippen LogP contribution >= 0.6 is 0 Å². The van der Waals surface area contributed by atoms with Gasteiger partial charge in [0.2, 0.25) is 0 Å². The van der Waals surface area contributed by atoms with Crippen LogP contribution in [0.15, 0.2) is 18.2 Å². The second-order valence-corrected chi connectivity index (χ2v) is 5.05. The second kappa shape index (κ2) is 7.04. The molecule has 1 saturated carbocycles. The van der Waals surface area contributed by atoms with Crippen LogP contribution in [0.1, 0.15) is 19.3 Å².